The number of carboxylic acid groups (broad SMARTS) is 1. The average molecular weight is 826 g/mol. The minimum atomic E-state index is -4.65. The van der Waals surface area contributed by atoms with Crippen molar-refractivity contribution in [2.24, 2.45) is 11.8 Å². The Labute approximate surface area is 337 Å². The van der Waals surface area contributed by atoms with E-state index in [9.17, 15) is 42.3 Å². The molecule has 3 unspecified atom stereocenters. The number of rotatable bonds is 20. The number of likely N-dealkylation sites (N-methyl/N-ethyl adjacent to an activating group) is 1. The van der Waals surface area contributed by atoms with Crippen molar-refractivity contribution in [3.05, 3.63) is 51.0 Å². The van der Waals surface area contributed by atoms with Gasteiger partial charge in [-0.05, 0) is 74.9 Å². The molecule has 13 nitrogen and oxygen atoms in total. The third-order valence-electron chi connectivity index (χ3n) is 10.6. The fourth-order valence-corrected chi connectivity index (χ4v) is 7.93. The number of nitrogens with zero attached hydrogens (tertiary/aromatic N) is 3. The Bertz CT molecular complexity index is 1690. The standard InChI is InChI=1S/C40H58F3N5O8S/c1-9-24(4)34(46-36(51)31-12-10-11-17-47(31)7)38(52)48(18-19-55-8)32(23(2)3)21-33(56-26(6)49)37-45-30(22-57-37)35(50)44-16-15-28(39(53)54)29-20-27(40(41,42)43)14-13-25(29)5/h13-14,20,22-24,28,31-34H,9-12,15-19,21H2,1-8H3,(H,44,50)(H,46,51)(H,53,54)/t24?,28-,31?,32-,33-,34?/m1/s1. The largest absolute Gasteiger partial charge is 0.481 e. The summed E-state index contributed by atoms with van der Waals surface area (Å²) in [6.07, 6.45) is -2.44. The predicted octanol–water partition coefficient (Wildman–Crippen LogP) is 5.97. The quantitative estimate of drug-likeness (QED) is 0.136. The van der Waals surface area contributed by atoms with Crippen molar-refractivity contribution in [2.75, 3.05) is 40.4 Å². The molecular formula is C40H58F3N5O8S. The number of nitrogens with one attached hydrogen (secondary N) is 2. The number of aryl methyl sites for hydroxylation is 1. The van der Waals surface area contributed by atoms with Crippen molar-refractivity contribution >= 4 is 41.0 Å². The van der Waals surface area contributed by atoms with Gasteiger partial charge in [0.2, 0.25) is 11.8 Å². The number of carbonyl (C=O) groups is 5. The average Bonchev–Trinajstić information content (AvgIpc) is 3.64. The number of alkyl halides is 3. The number of likely N-dealkylation sites (tertiary alicyclic amines) is 1. The Morgan fingerprint density at radius 2 is 1.84 bits per heavy atom. The van der Waals surface area contributed by atoms with E-state index >= 15 is 0 Å². The topological polar surface area (TPSA) is 167 Å². The van der Waals surface area contributed by atoms with Crippen molar-refractivity contribution in [3.8, 4) is 0 Å². The van der Waals surface area contributed by atoms with Crippen LogP contribution >= 0.6 is 11.3 Å². The molecule has 0 radical (unpaired) electrons. The first-order valence-electron chi connectivity index (χ1n) is 19.4. The molecule has 0 aliphatic carbocycles. The van der Waals surface area contributed by atoms with E-state index in [1.807, 2.05) is 39.6 Å². The Hall–Kier alpha value is -4.09. The maximum absolute atomic E-state index is 14.6. The number of carbonyl (C=O) groups excluding carboxylic acids is 4. The molecular weight excluding hydrogens is 768 g/mol. The number of thiazole rings is 1. The number of esters is 1. The van der Waals surface area contributed by atoms with Crippen LogP contribution in [-0.4, -0.2) is 108 Å². The first kappa shape index (κ1) is 47.3. The summed E-state index contributed by atoms with van der Waals surface area (Å²) < 4.78 is 51.3. The number of methoxy groups -OCH3 is 1. The summed E-state index contributed by atoms with van der Waals surface area (Å²) in [5.74, 6) is -4.75. The Balaban J connectivity index is 1.83. The molecule has 0 spiro atoms. The van der Waals surface area contributed by atoms with E-state index < -0.39 is 53.7 Å². The molecule has 3 rings (SSSR count). The van der Waals surface area contributed by atoms with E-state index in [4.69, 9.17) is 9.47 Å². The third-order valence-corrected chi connectivity index (χ3v) is 11.6. The second-order valence-electron chi connectivity index (χ2n) is 15.1. The lowest BCUT2D eigenvalue weighted by Crippen LogP contribution is -2.59. The number of amides is 3. The summed E-state index contributed by atoms with van der Waals surface area (Å²) in [7, 11) is 3.43. The zero-order valence-electron chi connectivity index (χ0n) is 34.1. The molecule has 3 amide bonds. The second-order valence-corrected chi connectivity index (χ2v) is 16.0. The SMILES string of the molecule is CCC(C)C(NC(=O)C1CCCCN1C)C(=O)N(CCOC)[C@H](C[C@@H](OC(C)=O)c1nc(C(=O)NCC[C@@H](C(=O)O)c2cc(C(F)(F)F)ccc2C)cs1)C(C)C. The number of carboxylic acids is 1. The minimum Gasteiger partial charge on any atom is -0.481 e. The summed E-state index contributed by atoms with van der Waals surface area (Å²) in [5, 5.41) is 17.3. The number of hydrogen-bond acceptors (Lipinski definition) is 10. The van der Waals surface area contributed by atoms with Crippen LogP contribution in [-0.2, 0) is 34.8 Å². The normalized spacial score (nSPS) is 17.6. The Kier molecular flexibility index (Phi) is 17.9. The summed E-state index contributed by atoms with van der Waals surface area (Å²) in [6.45, 7) is 11.5. The molecule has 17 heteroatoms. The van der Waals surface area contributed by atoms with Crippen molar-refractivity contribution < 1.29 is 51.7 Å². The van der Waals surface area contributed by atoms with Gasteiger partial charge in [-0.2, -0.15) is 13.2 Å². The maximum Gasteiger partial charge on any atom is 0.416 e. The molecule has 1 aromatic carbocycles. The molecule has 6 atom stereocenters. The van der Waals surface area contributed by atoms with Gasteiger partial charge in [0, 0.05) is 45.0 Å². The van der Waals surface area contributed by atoms with Crippen LogP contribution in [0.3, 0.4) is 0 Å². The van der Waals surface area contributed by atoms with Gasteiger partial charge < -0.3 is 30.1 Å². The molecule has 57 heavy (non-hydrogen) atoms. The van der Waals surface area contributed by atoms with E-state index in [-0.39, 0.29) is 78.5 Å². The van der Waals surface area contributed by atoms with Crippen molar-refractivity contribution in [2.45, 2.75) is 116 Å². The van der Waals surface area contributed by atoms with Gasteiger partial charge in [0.1, 0.15) is 16.7 Å². The van der Waals surface area contributed by atoms with Crippen LogP contribution in [0.4, 0.5) is 13.2 Å². The van der Waals surface area contributed by atoms with E-state index in [0.717, 1.165) is 42.9 Å². The van der Waals surface area contributed by atoms with Crippen LogP contribution in [0, 0.1) is 18.8 Å². The van der Waals surface area contributed by atoms with Crippen LogP contribution in [0.25, 0.3) is 0 Å². The highest BCUT2D eigenvalue weighted by atomic mass is 32.1. The number of benzene rings is 1. The van der Waals surface area contributed by atoms with Gasteiger partial charge in [-0.1, -0.05) is 46.6 Å². The van der Waals surface area contributed by atoms with Gasteiger partial charge in [0.05, 0.1) is 24.1 Å². The van der Waals surface area contributed by atoms with Gasteiger partial charge in [-0.15, -0.1) is 11.3 Å². The number of ether oxygens (including phenoxy) is 2. The van der Waals surface area contributed by atoms with Gasteiger partial charge >= 0.3 is 18.1 Å². The fourth-order valence-electron chi connectivity index (χ4n) is 7.09. The zero-order chi connectivity index (χ0) is 42.6. The molecule has 318 valence electrons. The first-order valence-corrected chi connectivity index (χ1v) is 20.3. The van der Waals surface area contributed by atoms with Crippen molar-refractivity contribution in [1.82, 2.24) is 25.4 Å². The zero-order valence-corrected chi connectivity index (χ0v) is 34.9. The lowest BCUT2D eigenvalue weighted by atomic mass is 9.90. The Morgan fingerprint density at radius 1 is 1.14 bits per heavy atom. The number of hydrogen-bond donors (Lipinski definition) is 3. The van der Waals surface area contributed by atoms with E-state index in [0.29, 0.717) is 18.4 Å². The van der Waals surface area contributed by atoms with E-state index in [1.165, 1.54) is 32.4 Å². The monoisotopic (exact) mass is 825 g/mol. The van der Waals surface area contributed by atoms with Crippen LogP contribution in [0.15, 0.2) is 23.6 Å². The molecule has 1 saturated heterocycles. The van der Waals surface area contributed by atoms with E-state index in [2.05, 4.69) is 15.6 Å². The first-order chi connectivity index (χ1) is 26.8. The molecule has 2 aromatic rings. The minimum absolute atomic E-state index is 0.000785. The fraction of sp³-hybridized carbons (Fsp3) is 0.650. The molecule has 2 heterocycles. The van der Waals surface area contributed by atoms with Gasteiger partial charge in [-0.3, -0.25) is 28.9 Å². The highest BCUT2D eigenvalue weighted by Gasteiger charge is 2.39. The van der Waals surface area contributed by atoms with Crippen LogP contribution in [0.2, 0.25) is 0 Å². The molecule has 1 aliphatic rings. The lowest BCUT2D eigenvalue weighted by Gasteiger charge is -2.40. The summed E-state index contributed by atoms with van der Waals surface area (Å²) in [4.78, 5) is 74.0. The summed E-state index contributed by atoms with van der Waals surface area (Å²) in [6, 6.07) is 1.25. The van der Waals surface area contributed by atoms with Crippen LogP contribution in [0.5, 0.6) is 0 Å². The maximum atomic E-state index is 14.6. The number of aromatic nitrogens is 1. The lowest BCUT2D eigenvalue weighted by molar-refractivity contribution is -0.150. The number of halogens is 3. The van der Waals surface area contributed by atoms with E-state index in [1.54, 1.807) is 4.90 Å². The smallest absolute Gasteiger partial charge is 0.416 e. The summed E-state index contributed by atoms with van der Waals surface area (Å²) in [5.41, 5.74) is -0.627. The Morgan fingerprint density at radius 3 is 2.42 bits per heavy atom. The molecule has 3 N–H and O–H groups in total. The van der Waals surface area contributed by atoms with Crippen LogP contribution < -0.4 is 10.6 Å². The van der Waals surface area contributed by atoms with Crippen LogP contribution in [0.1, 0.15) is 117 Å². The highest BCUT2D eigenvalue weighted by molar-refractivity contribution is 7.09. The number of aliphatic carboxylic acids is 1. The molecule has 0 bridgehead atoms. The van der Waals surface area contributed by atoms with Gasteiger partial charge in [0.25, 0.3) is 5.91 Å². The predicted molar refractivity (Wildman–Crippen MR) is 209 cm³/mol. The van der Waals surface area contributed by atoms with Crippen molar-refractivity contribution in [1.29, 1.82) is 0 Å². The number of piperidine rings is 1. The van der Waals surface area contributed by atoms with Gasteiger partial charge in [0.15, 0.2) is 6.10 Å². The second kappa shape index (κ2) is 21.6. The summed E-state index contributed by atoms with van der Waals surface area (Å²) >= 11 is 1.07. The highest BCUT2D eigenvalue weighted by Crippen LogP contribution is 2.34. The van der Waals surface area contributed by atoms with Gasteiger partial charge in [-0.25, -0.2) is 4.98 Å². The molecule has 0 saturated carbocycles. The molecule has 1 aromatic heterocycles. The van der Waals surface area contributed by atoms with Crippen molar-refractivity contribution in [3.63, 3.8) is 0 Å². The molecule has 1 aliphatic heterocycles. The third kappa shape index (κ3) is 13.2. The molecule has 1 fully saturated rings.